The maximum Gasteiger partial charge on any atom is 0.216 e. The molecule has 15 aromatic rings. The van der Waals surface area contributed by atoms with Gasteiger partial charge in [-0.3, -0.25) is 0 Å². The molecule has 0 aliphatic rings. The largest absolute Gasteiger partial charge is 0.455 e. The molecule has 0 unspecified atom stereocenters. The van der Waals surface area contributed by atoms with Crippen LogP contribution in [0.4, 0.5) is 0 Å². The van der Waals surface area contributed by atoms with E-state index in [9.17, 15) is 0 Å². The van der Waals surface area contributed by atoms with Crippen molar-refractivity contribution in [2.75, 3.05) is 0 Å². The van der Waals surface area contributed by atoms with Gasteiger partial charge in [-0.25, -0.2) is 13.7 Å². The van der Waals surface area contributed by atoms with Crippen LogP contribution in [0, 0.1) is 96.6 Å². The third-order valence-corrected chi connectivity index (χ3v) is 17.3. The molecule has 426 valence electrons. The smallest absolute Gasteiger partial charge is 0.216 e. The first-order valence-electron chi connectivity index (χ1n) is 36.4. The van der Waals surface area contributed by atoms with Gasteiger partial charge in [0, 0.05) is 87.8 Å². The summed E-state index contributed by atoms with van der Waals surface area (Å²) in [6.45, 7) is 6.10. The number of rotatable bonds is 3. The van der Waals surface area contributed by atoms with Crippen molar-refractivity contribution in [2.24, 2.45) is 21.1 Å². The van der Waals surface area contributed by atoms with Gasteiger partial charge in [0.25, 0.3) is 0 Å². The van der Waals surface area contributed by atoms with Gasteiger partial charge in [0.15, 0.2) is 18.6 Å². The zero-order valence-corrected chi connectivity index (χ0v) is 50.5. The number of nitrogens with zero attached hydrogens (tertiary/aromatic N) is 3. The van der Waals surface area contributed by atoms with Crippen molar-refractivity contribution in [3.05, 3.63) is 230 Å². The third kappa shape index (κ3) is 9.47. The van der Waals surface area contributed by atoms with E-state index in [-0.39, 0.29) is 22.3 Å². The Kier molecular flexibility index (Phi) is 9.96. The van der Waals surface area contributed by atoms with Crippen molar-refractivity contribution in [3.63, 3.8) is 0 Å². The Morgan fingerprint density at radius 3 is 1.06 bits per heavy atom. The van der Waals surface area contributed by atoms with Crippen LogP contribution in [0.25, 0.3) is 132 Å². The van der Waals surface area contributed by atoms with E-state index < -0.39 is 34.3 Å². The Morgan fingerprint density at radius 2 is 0.628 bits per heavy atom. The van der Waals surface area contributed by atoms with Gasteiger partial charge in [0.1, 0.15) is 54.6 Å². The first-order valence-corrected chi connectivity index (χ1v) is 28.9. The summed E-state index contributed by atoms with van der Waals surface area (Å²) in [5.74, 6) is 0. The van der Waals surface area contributed by atoms with E-state index >= 15 is 0 Å². The minimum atomic E-state index is -2.33. The van der Waals surface area contributed by atoms with E-state index in [2.05, 4.69) is 68.4 Å². The summed E-state index contributed by atoms with van der Waals surface area (Å²) in [6, 6.07) is 44.2. The van der Waals surface area contributed by atoms with Gasteiger partial charge in [-0.1, -0.05) is 95.6 Å². The predicted molar refractivity (Wildman–Crippen MR) is 360 cm³/mol. The van der Waals surface area contributed by atoms with E-state index in [0.29, 0.717) is 49.8 Å². The molecule has 6 heterocycles. The fourth-order valence-corrected chi connectivity index (χ4v) is 12.6. The number of fused-ring (bicyclic) bond motifs is 12. The van der Waals surface area contributed by atoms with Crippen LogP contribution in [0.5, 0.6) is 0 Å². The molecule has 0 aliphatic carbocycles. The van der Waals surface area contributed by atoms with Crippen LogP contribution in [-0.4, -0.2) is 0 Å². The lowest BCUT2D eigenvalue weighted by molar-refractivity contribution is -0.660. The highest BCUT2D eigenvalue weighted by molar-refractivity contribution is 6.17. The first kappa shape index (κ1) is 40.8. The summed E-state index contributed by atoms with van der Waals surface area (Å²) in [4.78, 5) is 0. The van der Waals surface area contributed by atoms with E-state index in [1.54, 1.807) is 67.8 Å². The highest BCUT2D eigenvalue weighted by Crippen LogP contribution is 2.44. The van der Waals surface area contributed by atoms with Crippen LogP contribution in [0.2, 0.25) is 0 Å². The zero-order chi connectivity index (χ0) is 73.0. The highest BCUT2D eigenvalue weighted by atomic mass is 16.3. The quantitative estimate of drug-likeness (QED) is 0.166. The number of pyridine rings is 3. The number of aryl methyl sites for hydroxylation is 17. The lowest BCUT2D eigenvalue weighted by Crippen LogP contribution is -2.31. The molecule has 6 nitrogen and oxygen atoms in total. The Morgan fingerprint density at radius 1 is 0.279 bits per heavy atom. The monoisotopic (exact) mass is 1140 g/mol. The Hall–Kier alpha value is -9.39. The SMILES string of the molecule is [2H]C([2H])([2H])c1c[n+](C)c(-c2c(C)cc(C([2H])([2H])[2H])c3c2oc2cc4cc(C)ccc4cc23)cc1C.[2H]C([2H])([2H])c1c[n+](C)c(-c2c(C)cc(C([2H])([2H])[2H])c3c2oc2cc4ccc(C)cc4cc23)cc1C.[2H]C([2H])([2H])c1c[n+](C)c(-c2c(C)ccc3c2oc2cc4cc(C)ccc4cc23)cc1C. The molecule has 0 amide bonds. The molecule has 0 fully saturated rings. The van der Waals surface area contributed by atoms with Crippen LogP contribution in [-0.2, 0) is 21.1 Å². The number of aromatic nitrogens is 3. The van der Waals surface area contributed by atoms with Gasteiger partial charge in [-0.05, 0) is 210 Å². The lowest BCUT2D eigenvalue weighted by atomic mass is 9.95. The Labute approximate surface area is 525 Å². The molecule has 0 bridgehead atoms. The fraction of sp³-hybridized carbons (Fsp3) is 0.212. The summed E-state index contributed by atoms with van der Waals surface area (Å²) in [7, 11) is 5.49. The summed E-state index contributed by atoms with van der Waals surface area (Å²) >= 11 is 0. The van der Waals surface area contributed by atoms with Crippen molar-refractivity contribution in [1.82, 2.24) is 0 Å². The van der Waals surface area contributed by atoms with Gasteiger partial charge < -0.3 is 13.3 Å². The summed E-state index contributed by atoms with van der Waals surface area (Å²) in [5, 5.41) is 11.2. The second kappa shape index (κ2) is 21.0. The molecule has 0 atom stereocenters. The standard InChI is InChI=1S/2C27H26NO.C26H24NO/c1-15-7-8-20-13-24-22(12-21(20)9-15)25-17(3)10-18(4)26(27(25)29-24)23-11-16(2)19(5)14-28(23)6;1-15-7-8-20-12-22-24(13-21(20)9-15)29-27-25(22)17(3)10-18(4)26(27)23-11-16(2)19(5)14-28(23)6;1-15-6-8-19-12-22-21-9-7-16(2)25(23-11-17(3)18(4)14-27(23)5)26(21)28-24(22)13-20(19)10-15/h2*7-14H,1-6H3;6-14H,1-5H3/q3*+1/i2*3D3,5D3;4D3. The van der Waals surface area contributed by atoms with Crippen molar-refractivity contribution >= 4 is 98.1 Å². The topological polar surface area (TPSA) is 51.1 Å². The van der Waals surface area contributed by atoms with Crippen LogP contribution >= 0.6 is 0 Å². The fourth-order valence-electron chi connectivity index (χ4n) is 12.6. The molecule has 0 saturated heterocycles. The van der Waals surface area contributed by atoms with Crippen molar-refractivity contribution in [2.45, 2.75) is 96.6 Å². The van der Waals surface area contributed by atoms with Gasteiger partial charge in [-0.15, -0.1) is 0 Å². The number of hydrogen-bond donors (Lipinski definition) is 0. The van der Waals surface area contributed by atoms with Gasteiger partial charge in [0.05, 0.1) is 16.7 Å². The van der Waals surface area contributed by atoms with Gasteiger partial charge in [-0.2, -0.15) is 0 Å². The maximum atomic E-state index is 8.23. The molecule has 9 aromatic carbocycles. The van der Waals surface area contributed by atoms with Crippen molar-refractivity contribution < 1.29 is 47.5 Å². The van der Waals surface area contributed by atoms with Crippen LogP contribution in [0.15, 0.2) is 165 Å². The van der Waals surface area contributed by atoms with E-state index in [1.165, 1.54) is 10.9 Å². The number of hydrogen-bond acceptors (Lipinski definition) is 3. The van der Waals surface area contributed by atoms with Crippen LogP contribution in [0.1, 0.15) is 98.4 Å². The van der Waals surface area contributed by atoms with Crippen molar-refractivity contribution in [1.29, 1.82) is 0 Å². The van der Waals surface area contributed by atoms with E-state index in [0.717, 1.165) is 127 Å². The summed E-state index contributed by atoms with van der Waals surface area (Å²) < 4.78 is 145. The van der Waals surface area contributed by atoms with E-state index in [4.69, 9.17) is 33.8 Å². The van der Waals surface area contributed by atoms with Crippen LogP contribution < -0.4 is 13.7 Å². The minimum Gasteiger partial charge on any atom is -0.455 e. The predicted octanol–water partition coefficient (Wildman–Crippen LogP) is 20.0. The third-order valence-electron chi connectivity index (χ3n) is 17.3. The van der Waals surface area contributed by atoms with Gasteiger partial charge >= 0.3 is 0 Å². The molecule has 6 heteroatoms. The average Bonchev–Trinajstić information content (AvgIpc) is 1.59. The average molecular weight is 1140 g/mol. The molecule has 0 N–H and O–H groups in total. The summed E-state index contributed by atoms with van der Waals surface area (Å²) in [5.41, 5.74) is 18.4. The zero-order valence-electron chi connectivity index (χ0n) is 65.5. The maximum absolute atomic E-state index is 8.23. The number of furan rings is 3. The Bertz CT molecular complexity index is 5900. The Balaban J connectivity index is 0.000000136. The second-order valence-corrected chi connectivity index (χ2v) is 23.8. The molecule has 86 heavy (non-hydrogen) atoms. The minimum absolute atomic E-state index is 0.248. The van der Waals surface area contributed by atoms with E-state index in [1.807, 2.05) is 113 Å². The molecular formula is C80H76N3O3+3. The first-order chi connectivity index (χ1) is 47.1. The highest BCUT2D eigenvalue weighted by Gasteiger charge is 2.27. The van der Waals surface area contributed by atoms with Gasteiger partial charge in [0.2, 0.25) is 17.1 Å². The molecule has 15 rings (SSSR count). The summed E-state index contributed by atoms with van der Waals surface area (Å²) in [6.07, 6.45) is 4.97. The number of benzene rings is 9. The van der Waals surface area contributed by atoms with Crippen molar-refractivity contribution in [3.8, 4) is 33.8 Å². The second-order valence-electron chi connectivity index (χ2n) is 23.8. The normalized spacial score (nSPS) is 15.1. The molecule has 0 spiro atoms. The molecule has 0 aliphatic heterocycles. The lowest BCUT2D eigenvalue weighted by Gasteiger charge is -2.09. The molecule has 0 radical (unpaired) electrons. The van der Waals surface area contributed by atoms with Crippen LogP contribution in [0.3, 0.4) is 0 Å². The molecular weight excluding hydrogens is 1050 g/mol. The molecule has 6 aromatic heterocycles. The molecule has 0 saturated carbocycles.